The van der Waals surface area contributed by atoms with Crippen molar-refractivity contribution >= 4 is 5.91 Å². The summed E-state index contributed by atoms with van der Waals surface area (Å²) in [6.45, 7) is 2.91. The van der Waals surface area contributed by atoms with Crippen LogP contribution >= 0.6 is 0 Å². The van der Waals surface area contributed by atoms with Gasteiger partial charge in [-0.1, -0.05) is 0 Å². The number of carbonyl (C=O) groups is 1. The van der Waals surface area contributed by atoms with E-state index in [1.165, 1.54) is 0 Å². The average Bonchev–Trinajstić information content (AvgIpc) is 3.06. The van der Waals surface area contributed by atoms with Gasteiger partial charge in [-0.3, -0.25) is 14.8 Å². The molecule has 1 aliphatic heterocycles. The number of rotatable bonds is 3. The van der Waals surface area contributed by atoms with Crippen molar-refractivity contribution < 1.29 is 14.3 Å². The van der Waals surface area contributed by atoms with E-state index in [9.17, 15) is 4.79 Å². The van der Waals surface area contributed by atoms with E-state index in [0.29, 0.717) is 18.8 Å². The number of carbonyl (C=O) groups excluding carboxylic acids is 1. The quantitative estimate of drug-likeness (QED) is 0.845. The highest BCUT2D eigenvalue weighted by molar-refractivity contribution is 5.92. The molecule has 25 heavy (non-hydrogen) atoms. The summed E-state index contributed by atoms with van der Waals surface area (Å²) in [5, 5.41) is 0. The van der Waals surface area contributed by atoms with Crippen molar-refractivity contribution in [3.63, 3.8) is 0 Å². The van der Waals surface area contributed by atoms with Gasteiger partial charge in [-0.25, -0.2) is 4.98 Å². The highest BCUT2D eigenvalue weighted by Crippen LogP contribution is 2.33. The van der Waals surface area contributed by atoms with E-state index >= 15 is 0 Å². The summed E-state index contributed by atoms with van der Waals surface area (Å²) in [5.74, 6) is 0.637. The third-order valence-electron chi connectivity index (χ3n) is 4.72. The highest BCUT2D eigenvalue weighted by Gasteiger charge is 2.46. The van der Waals surface area contributed by atoms with E-state index in [2.05, 4.69) is 15.0 Å². The molecule has 2 aromatic rings. The van der Waals surface area contributed by atoms with Crippen molar-refractivity contribution in [3.05, 3.63) is 48.3 Å². The Morgan fingerprint density at radius 3 is 2.96 bits per heavy atom. The highest BCUT2D eigenvalue weighted by atomic mass is 16.5. The lowest BCUT2D eigenvalue weighted by Gasteiger charge is -2.38. The van der Waals surface area contributed by atoms with Crippen molar-refractivity contribution in [1.82, 2.24) is 19.9 Å². The number of hydrogen-bond donors (Lipinski definition) is 0. The summed E-state index contributed by atoms with van der Waals surface area (Å²) in [4.78, 5) is 27.2. The van der Waals surface area contributed by atoms with Gasteiger partial charge in [0.2, 0.25) is 0 Å². The fraction of sp³-hybridized carbons (Fsp3) is 0.444. The van der Waals surface area contributed by atoms with Crippen LogP contribution in [0, 0.1) is 6.92 Å². The van der Waals surface area contributed by atoms with E-state index in [-0.39, 0.29) is 24.2 Å². The van der Waals surface area contributed by atoms with Gasteiger partial charge in [0.15, 0.2) is 0 Å². The first-order valence-corrected chi connectivity index (χ1v) is 8.50. The van der Waals surface area contributed by atoms with Crippen LogP contribution in [0.4, 0.5) is 0 Å². The van der Waals surface area contributed by atoms with Crippen molar-refractivity contribution in [2.75, 3.05) is 13.2 Å². The van der Waals surface area contributed by atoms with Crippen LogP contribution in [0.3, 0.4) is 0 Å². The van der Waals surface area contributed by atoms with Crippen LogP contribution in [0.1, 0.15) is 29.0 Å². The van der Waals surface area contributed by atoms with Crippen molar-refractivity contribution in [1.29, 1.82) is 0 Å². The lowest BCUT2D eigenvalue weighted by molar-refractivity contribution is -0.0787. The van der Waals surface area contributed by atoms with Crippen LogP contribution in [-0.2, 0) is 4.74 Å². The Morgan fingerprint density at radius 2 is 2.20 bits per heavy atom. The van der Waals surface area contributed by atoms with E-state index in [4.69, 9.17) is 9.47 Å². The molecule has 1 saturated heterocycles. The largest absolute Gasteiger partial charge is 0.486 e. The maximum absolute atomic E-state index is 12.8. The maximum Gasteiger partial charge on any atom is 0.274 e. The normalized spacial score (nSPS) is 25.5. The molecule has 7 nitrogen and oxygen atoms in total. The average molecular weight is 340 g/mol. The third-order valence-corrected chi connectivity index (χ3v) is 4.72. The van der Waals surface area contributed by atoms with Crippen molar-refractivity contribution in [2.24, 2.45) is 0 Å². The molecular formula is C18H20N4O3. The predicted octanol–water partition coefficient (Wildman–Crippen LogP) is 1.63. The zero-order chi connectivity index (χ0) is 17.2. The Hall–Kier alpha value is -2.54. The number of morpholine rings is 1. The van der Waals surface area contributed by atoms with Gasteiger partial charge < -0.3 is 14.4 Å². The minimum absolute atomic E-state index is 0.00558. The molecule has 1 saturated carbocycles. The summed E-state index contributed by atoms with van der Waals surface area (Å²) < 4.78 is 12.0. The number of pyridine rings is 1. The fourth-order valence-electron chi connectivity index (χ4n) is 3.54. The van der Waals surface area contributed by atoms with Crippen LogP contribution in [-0.4, -0.2) is 57.2 Å². The summed E-state index contributed by atoms with van der Waals surface area (Å²) in [7, 11) is 0. The lowest BCUT2D eigenvalue weighted by atomic mass is 10.1. The van der Waals surface area contributed by atoms with Crippen LogP contribution in [0.2, 0.25) is 0 Å². The van der Waals surface area contributed by atoms with Gasteiger partial charge in [-0.05, 0) is 31.9 Å². The molecule has 130 valence electrons. The maximum atomic E-state index is 12.8. The Labute approximate surface area is 146 Å². The number of amides is 1. The zero-order valence-corrected chi connectivity index (χ0v) is 14.0. The molecule has 4 rings (SSSR count). The molecule has 0 spiro atoms. The van der Waals surface area contributed by atoms with E-state index in [0.717, 1.165) is 24.3 Å². The van der Waals surface area contributed by atoms with Crippen LogP contribution in [0.15, 0.2) is 36.9 Å². The Morgan fingerprint density at radius 1 is 1.28 bits per heavy atom. The molecule has 1 amide bonds. The van der Waals surface area contributed by atoms with Gasteiger partial charge >= 0.3 is 0 Å². The van der Waals surface area contributed by atoms with Crippen LogP contribution in [0.25, 0.3) is 0 Å². The van der Waals surface area contributed by atoms with Gasteiger partial charge in [-0.15, -0.1) is 0 Å². The summed E-state index contributed by atoms with van der Waals surface area (Å²) >= 11 is 0. The van der Waals surface area contributed by atoms with Crippen molar-refractivity contribution in [3.8, 4) is 5.75 Å². The second-order valence-electron chi connectivity index (χ2n) is 6.37. The van der Waals surface area contributed by atoms with Gasteiger partial charge in [0, 0.05) is 18.9 Å². The van der Waals surface area contributed by atoms with E-state index in [1.807, 2.05) is 24.0 Å². The molecule has 2 aliphatic rings. The Balaban J connectivity index is 1.49. The molecular weight excluding hydrogens is 320 g/mol. The lowest BCUT2D eigenvalue weighted by Crippen LogP contribution is -2.54. The molecule has 2 aromatic heterocycles. The minimum atomic E-state index is -0.128. The molecule has 0 bridgehead atoms. The molecule has 2 fully saturated rings. The molecule has 0 unspecified atom stereocenters. The Bertz CT molecular complexity index is 738. The number of aromatic nitrogens is 3. The van der Waals surface area contributed by atoms with Gasteiger partial charge in [-0.2, -0.15) is 0 Å². The van der Waals surface area contributed by atoms with Gasteiger partial charge in [0.05, 0.1) is 30.7 Å². The number of nitrogens with zero attached hydrogens (tertiary/aromatic N) is 4. The van der Waals surface area contributed by atoms with Crippen molar-refractivity contribution in [2.45, 2.75) is 38.0 Å². The molecule has 7 heteroatoms. The van der Waals surface area contributed by atoms with E-state index in [1.54, 1.807) is 24.8 Å². The summed E-state index contributed by atoms with van der Waals surface area (Å²) in [6, 6.07) is 3.73. The number of aryl methyl sites for hydroxylation is 1. The number of hydrogen-bond acceptors (Lipinski definition) is 6. The molecule has 0 N–H and O–H groups in total. The van der Waals surface area contributed by atoms with Gasteiger partial charge in [0.25, 0.3) is 5.91 Å². The molecule has 3 heterocycles. The molecule has 1 aliphatic carbocycles. The standard InChI is InChI=1S/C18H20N4O3/c1-12-9-21-14(11-20-12)18(23)22-7-8-24-17-15(22)4-5-16(17)25-13-3-2-6-19-10-13/h2-3,6,9-11,15-17H,4-5,7-8H2,1H3/t15-,16+,17+/m1/s1. The molecule has 0 aromatic carbocycles. The zero-order valence-electron chi connectivity index (χ0n) is 14.0. The summed E-state index contributed by atoms with van der Waals surface area (Å²) in [6.07, 6.45) is 8.05. The smallest absolute Gasteiger partial charge is 0.274 e. The minimum Gasteiger partial charge on any atom is -0.486 e. The number of ether oxygens (including phenoxy) is 2. The van der Waals surface area contributed by atoms with Crippen LogP contribution < -0.4 is 4.74 Å². The van der Waals surface area contributed by atoms with E-state index < -0.39 is 0 Å². The fourth-order valence-corrected chi connectivity index (χ4v) is 3.54. The van der Waals surface area contributed by atoms with Gasteiger partial charge in [0.1, 0.15) is 23.7 Å². The van der Waals surface area contributed by atoms with Crippen LogP contribution in [0.5, 0.6) is 5.75 Å². The second kappa shape index (κ2) is 6.76. The Kier molecular flexibility index (Phi) is 4.31. The predicted molar refractivity (Wildman–Crippen MR) is 89.2 cm³/mol. The number of fused-ring (bicyclic) bond motifs is 1. The molecule has 3 atom stereocenters. The monoisotopic (exact) mass is 340 g/mol. The third kappa shape index (κ3) is 3.19. The second-order valence-corrected chi connectivity index (χ2v) is 6.37. The summed E-state index contributed by atoms with van der Waals surface area (Å²) in [5.41, 5.74) is 1.17. The molecule has 0 radical (unpaired) electrons. The first-order valence-electron chi connectivity index (χ1n) is 8.50. The first kappa shape index (κ1) is 16.0. The first-order chi connectivity index (χ1) is 12.2. The SMILES string of the molecule is Cc1cnc(C(=O)N2CCO[C@@H]3[C@@H](Oc4cccnc4)CC[C@H]32)cn1. The topological polar surface area (TPSA) is 77.4 Å².